The van der Waals surface area contributed by atoms with Gasteiger partial charge in [-0.15, -0.1) is 0 Å². The highest BCUT2D eigenvalue weighted by Gasteiger charge is 2.26. The Balaban J connectivity index is 2.22. The number of benzene rings is 1. The first-order chi connectivity index (χ1) is 9.47. The van der Waals surface area contributed by atoms with Gasteiger partial charge in [-0.3, -0.25) is 9.69 Å². The van der Waals surface area contributed by atoms with E-state index >= 15 is 0 Å². The highest BCUT2D eigenvalue weighted by atomic mass is 35.5. The fraction of sp³-hybridized carbons (Fsp3) is 0.500. The lowest BCUT2D eigenvalue weighted by Crippen LogP contribution is -2.46. The monoisotopic (exact) mass is 300 g/mol. The summed E-state index contributed by atoms with van der Waals surface area (Å²) in [7, 11) is 2.03. The summed E-state index contributed by atoms with van der Waals surface area (Å²) in [5.41, 5.74) is 0.666. The van der Waals surface area contributed by atoms with Crippen molar-refractivity contribution >= 4 is 17.6 Å². The molecule has 6 heteroatoms. The van der Waals surface area contributed by atoms with Crippen molar-refractivity contribution in [1.82, 2.24) is 9.80 Å². The van der Waals surface area contributed by atoms with Crippen molar-refractivity contribution in [2.24, 2.45) is 0 Å². The van der Waals surface area contributed by atoms with Crippen molar-refractivity contribution < 1.29 is 14.3 Å². The number of hydrogen-bond acceptors (Lipinski definition) is 3. The van der Waals surface area contributed by atoms with Gasteiger partial charge in [-0.25, -0.2) is 4.39 Å². The van der Waals surface area contributed by atoms with E-state index < -0.39 is 11.8 Å². The fourth-order valence-corrected chi connectivity index (χ4v) is 2.59. The number of rotatable bonds is 4. The van der Waals surface area contributed by atoms with Gasteiger partial charge < -0.3 is 10.0 Å². The minimum absolute atomic E-state index is 0.0369. The average Bonchev–Trinajstić information content (AvgIpc) is 2.40. The van der Waals surface area contributed by atoms with Gasteiger partial charge in [0.25, 0.3) is 0 Å². The predicted molar refractivity (Wildman–Crippen MR) is 75.5 cm³/mol. The number of carboxylic acid groups (broad SMARTS) is 1. The number of piperazine rings is 1. The lowest BCUT2D eigenvalue weighted by atomic mass is 10.0. The standard InChI is InChI=1S/C14H18ClFN2O2/c1-17-4-6-18(7-5-17)13(9-14(19)20)10-2-3-11(15)12(16)8-10/h2-3,8,13H,4-7,9H2,1H3,(H,19,20). The van der Waals surface area contributed by atoms with Crippen LogP contribution in [0.2, 0.25) is 5.02 Å². The summed E-state index contributed by atoms with van der Waals surface area (Å²) in [5.74, 6) is -1.39. The number of aliphatic carboxylic acids is 1. The zero-order valence-corrected chi connectivity index (χ0v) is 12.1. The molecule has 0 amide bonds. The van der Waals surface area contributed by atoms with Crippen molar-refractivity contribution in [2.75, 3.05) is 33.2 Å². The lowest BCUT2D eigenvalue weighted by Gasteiger charge is -2.37. The number of likely N-dealkylation sites (N-methyl/N-ethyl adjacent to an activating group) is 1. The maximum absolute atomic E-state index is 13.6. The summed E-state index contributed by atoms with van der Waals surface area (Å²) < 4.78 is 13.6. The normalized spacial score (nSPS) is 18.9. The second-order valence-corrected chi connectivity index (χ2v) is 5.53. The average molecular weight is 301 g/mol. The minimum atomic E-state index is -0.885. The van der Waals surface area contributed by atoms with Crippen LogP contribution in [0.3, 0.4) is 0 Å². The van der Waals surface area contributed by atoms with Gasteiger partial charge in [0.1, 0.15) is 5.82 Å². The third kappa shape index (κ3) is 3.69. The van der Waals surface area contributed by atoms with E-state index in [-0.39, 0.29) is 17.5 Å². The van der Waals surface area contributed by atoms with E-state index in [2.05, 4.69) is 9.80 Å². The molecule has 1 atom stereocenters. The Hall–Kier alpha value is -1.17. The molecule has 1 aromatic rings. The first-order valence-corrected chi connectivity index (χ1v) is 6.94. The lowest BCUT2D eigenvalue weighted by molar-refractivity contribution is -0.138. The van der Waals surface area contributed by atoms with Crippen LogP contribution in [-0.4, -0.2) is 54.1 Å². The van der Waals surface area contributed by atoms with Crippen LogP contribution in [0, 0.1) is 5.82 Å². The van der Waals surface area contributed by atoms with Crippen LogP contribution in [0.1, 0.15) is 18.0 Å². The minimum Gasteiger partial charge on any atom is -0.481 e. The highest BCUT2D eigenvalue weighted by Crippen LogP contribution is 2.28. The molecule has 1 heterocycles. The molecule has 1 saturated heterocycles. The third-order valence-electron chi connectivity index (χ3n) is 3.68. The summed E-state index contributed by atoms with van der Waals surface area (Å²) in [5, 5.41) is 9.15. The van der Waals surface area contributed by atoms with Crippen molar-refractivity contribution in [1.29, 1.82) is 0 Å². The van der Waals surface area contributed by atoms with E-state index in [1.54, 1.807) is 6.07 Å². The molecule has 1 aromatic carbocycles. The molecular weight excluding hydrogens is 283 g/mol. The molecule has 20 heavy (non-hydrogen) atoms. The number of carboxylic acids is 1. The molecular formula is C14H18ClFN2O2. The van der Waals surface area contributed by atoms with E-state index in [9.17, 15) is 9.18 Å². The van der Waals surface area contributed by atoms with Crippen LogP contribution in [0.25, 0.3) is 0 Å². The van der Waals surface area contributed by atoms with Crippen molar-refractivity contribution in [3.63, 3.8) is 0 Å². The molecule has 110 valence electrons. The van der Waals surface area contributed by atoms with Gasteiger partial charge in [0.15, 0.2) is 0 Å². The van der Waals surface area contributed by atoms with Gasteiger partial charge >= 0.3 is 5.97 Å². The molecule has 0 spiro atoms. The van der Waals surface area contributed by atoms with Gasteiger partial charge in [0, 0.05) is 32.2 Å². The van der Waals surface area contributed by atoms with Gasteiger partial charge in [-0.1, -0.05) is 17.7 Å². The molecule has 1 N–H and O–H groups in total. The van der Waals surface area contributed by atoms with Crippen LogP contribution in [-0.2, 0) is 4.79 Å². The second kappa shape index (κ2) is 6.52. The van der Waals surface area contributed by atoms with E-state index in [4.69, 9.17) is 16.7 Å². The third-order valence-corrected chi connectivity index (χ3v) is 3.98. The highest BCUT2D eigenvalue weighted by molar-refractivity contribution is 6.30. The zero-order chi connectivity index (χ0) is 14.7. The second-order valence-electron chi connectivity index (χ2n) is 5.13. The largest absolute Gasteiger partial charge is 0.481 e. The van der Waals surface area contributed by atoms with Gasteiger partial charge in [-0.05, 0) is 24.7 Å². The molecule has 4 nitrogen and oxygen atoms in total. The topological polar surface area (TPSA) is 43.8 Å². The number of halogens is 2. The maximum atomic E-state index is 13.6. The number of hydrogen-bond donors (Lipinski definition) is 1. The predicted octanol–water partition coefficient (Wildman–Crippen LogP) is 2.24. The van der Waals surface area contributed by atoms with Crippen LogP contribution in [0.15, 0.2) is 18.2 Å². The maximum Gasteiger partial charge on any atom is 0.305 e. The molecule has 0 saturated carbocycles. The quantitative estimate of drug-likeness (QED) is 0.926. The van der Waals surface area contributed by atoms with Crippen LogP contribution in [0.4, 0.5) is 4.39 Å². The van der Waals surface area contributed by atoms with Crippen LogP contribution >= 0.6 is 11.6 Å². The van der Waals surface area contributed by atoms with Gasteiger partial charge in [0.2, 0.25) is 0 Å². The summed E-state index contributed by atoms with van der Waals surface area (Å²) in [6.45, 7) is 3.32. The van der Waals surface area contributed by atoms with E-state index in [1.807, 2.05) is 7.05 Å². The Morgan fingerprint density at radius 3 is 2.60 bits per heavy atom. The van der Waals surface area contributed by atoms with Crippen LogP contribution in [0.5, 0.6) is 0 Å². The van der Waals surface area contributed by atoms with E-state index in [1.165, 1.54) is 12.1 Å². The molecule has 2 rings (SSSR count). The Bertz CT molecular complexity index is 490. The molecule has 1 aliphatic rings. The van der Waals surface area contributed by atoms with Gasteiger partial charge in [0.05, 0.1) is 11.4 Å². The number of carbonyl (C=O) groups is 1. The number of nitrogens with zero attached hydrogens (tertiary/aromatic N) is 2. The van der Waals surface area contributed by atoms with Crippen molar-refractivity contribution in [3.8, 4) is 0 Å². The Morgan fingerprint density at radius 1 is 1.40 bits per heavy atom. The zero-order valence-electron chi connectivity index (χ0n) is 11.4. The van der Waals surface area contributed by atoms with Crippen LogP contribution < -0.4 is 0 Å². The first-order valence-electron chi connectivity index (χ1n) is 6.56. The van der Waals surface area contributed by atoms with Gasteiger partial charge in [-0.2, -0.15) is 0 Å². The molecule has 1 unspecified atom stereocenters. The summed E-state index contributed by atoms with van der Waals surface area (Å²) in [4.78, 5) is 15.4. The van der Waals surface area contributed by atoms with E-state index in [0.29, 0.717) is 5.56 Å². The summed E-state index contributed by atoms with van der Waals surface area (Å²) >= 11 is 5.68. The smallest absolute Gasteiger partial charge is 0.305 e. The molecule has 0 bridgehead atoms. The molecule has 0 radical (unpaired) electrons. The summed E-state index contributed by atoms with van der Waals surface area (Å²) in [6, 6.07) is 4.22. The molecule has 1 aliphatic heterocycles. The first kappa shape index (κ1) is 15.2. The Labute approximate surface area is 122 Å². The van der Waals surface area contributed by atoms with Crippen molar-refractivity contribution in [2.45, 2.75) is 12.5 Å². The Morgan fingerprint density at radius 2 is 2.05 bits per heavy atom. The SMILES string of the molecule is CN1CCN(C(CC(=O)O)c2ccc(Cl)c(F)c2)CC1. The molecule has 1 fully saturated rings. The molecule has 0 aromatic heterocycles. The van der Waals surface area contributed by atoms with Crippen molar-refractivity contribution in [3.05, 3.63) is 34.6 Å². The fourth-order valence-electron chi connectivity index (χ4n) is 2.48. The Kier molecular flexibility index (Phi) is 4.96. The molecule has 0 aliphatic carbocycles. The van der Waals surface area contributed by atoms with E-state index in [0.717, 1.165) is 26.2 Å². The summed E-state index contributed by atoms with van der Waals surface area (Å²) in [6.07, 6.45) is -0.0369.